The molecule has 2 aliphatic carbocycles. The van der Waals surface area contributed by atoms with Crippen LogP contribution in [0.2, 0.25) is 0 Å². The fourth-order valence-electron chi connectivity index (χ4n) is 4.47. The van der Waals surface area contributed by atoms with E-state index in [1.54, 1.807) is 0 Å². The van der Waals surface area contributed by atoms with Gasteiger partial charge in [-0.2, -0.15) is 0 Å². The second-order valence-electron chi connectivity index (χ2n) is 8.44. The molecule has 2 aromatic rings. The molecule has 0 bridgehead atoms. The molecule has 8 nitrogen and oxygen atoms in total. The van der Waals surface area contributed by atoms with E-state index in [0.29, 0.717) is 0 Å². The van der Waals surface area contributed by atoms with E-state index in [2.05, 4.69) is 5.32 Å². The average Bonchev–Trinajstić information content (AvgIpc) is 3.61. The van der Waals surface area contributed by atoms with Crippen molar-refractivity contribution in [1.29, 1.82) is 0 Å². The summed E-state index contributed by atoms with van der Waals surface area (Å²) >= 11 is 0. The Morgan fingerprint density at radius 3 is 2.18 bits per heavy atom. The Kier molecular flexibility index (Phi) is 6.93. The number of alkyl carbamates (subject to hydrolysis) is 1. The number of carbonyl (C=O) groups excluding carboxylic acids is 2. The lowest BCUT2D eigenvalue weighted by Crippen LogP contribution is -2.50. The highest BCUT2D eigenvalue weighted by atomic mass is 16.5. The normalized spacial score (nSPS) is 15.3. The summed E-state index contributed by atoms with van der Waals surface area (Å²) in [5.41, 5.74) is 4.38. The van der Waals surface area contributed by atoms with Crippen molar-refractivity contribution < 1.29 is 29.3 Å². The molecule has 2 aromatic carbocycles. The molecule has 1 unspecified atom stereocenters. The maximum Gasteiger partial charge on any atom is 0.407 e. The number of nitrogens with zero attached hydrogens (tertiary/aromatic N) is 1. The maximum atomic E-state index is 13.0. The van der Waals surface area contributed by atoms with E-state index in [1.807, 2.05) is 48.5 Å². The Bertz CT molecular complexity index is 990. The van der Waals surface area contributed by atoms with Crippen LogP contribution < -0.4 is 5.32 Å². The second kappa shape index (κ2) is 10.0. The fraction of sp³-hybridized carbons (Fsp3) is 0.400. The average molecular weight is 453 g/mol. The molecule has 0 aromatic heterocycles. The summed E-state index contributed by atoms with van der Waals surface area (Å²) in [7, 11) is 0. The van der Waals surface area contributed by atoms with Gasteiger partial charge in [-0.3, -0.25) is 9.59 Å². The van der Waals surface area contributed by atoms with Gasteiger partial charge in [0.2, 0.25) is 5.91 Å². The molecule has 1 fully saturated rings. The van der Waals surface area contributed by atoms with Crippen molar-refractivity contribution in [1.82, 2.24) is 10.2 Å². The highest BCUT2D eigenvalue weighted by Gasteiger charge is 2.36. The number of aliphatic carboxylic acids is 1. The van der Waals surface area contributed by atoms with Gasteiger partial charge in [0.25, 0.3) is 0 Å². The van der Waals surface area contributed by atoms with E-state index in [4.69, 9.17) is 9.84 Å². The molecule has 1 atom stereocenters. The molecule has 174 valence electrons. The molecule has 3 N–H and O–H groups in total. The number of hydrogen-bond acceptors (Lipinski definition) is 5. The van der Waals surface area contributed by atoms with Crippen LogP contribution in [0.15, 0.2) is 48.5 Å². The Morgan fingerprint density at radius 1 is 1.03 bits per heavy atom. The number of nitrogens with one attached hydrogen (secondary N) is 1. The predicted octanol–water partition coefficient (Wildman–Crippen LogP) is 2.74. The summed E-state index contributed by atoms with van der Waals surface area (Å²) in [6.07, 6.45) is 0.593. The summed E-state index contributed by atoms with van der Waals surface area (Å²) in [6.45, 7) is 0.0565. The number of rotatable bonds is 10. The number of amides is 2. The Hall–Kier alpha value is -3.39. The van der Waals surface area contributed by atoms with Gasteiger partial charge < -0.3 is 25.2 Å². The highest BCUT2D eigenvalue weighted by Crippen LogP contribution is 2.44. The van der Waals surface area contributed by atoms with Gasteiger partial charge in [-0.05, 0) is 41.5 Å². The molecular formula is C25H28N2O6. The minimum atomic E-state index is -1.05. The van der Waals surface area contributed by atoms with Crippen LogP contribution in [0, 0.1) is 0 Å². The minimum Gasteiger partial charge on any atom is -0.481 e. The number of fused-ring (bicyclic) bond motifs is 3. The number of aliphatic hydroxyl groups is 1. The maximum absolute atomic E-state index is 13.0. The molecule has 0 aliphatic heterocycles. The Balaban J connectivity index is 1.43. The third kappa shape index (κ3) is 5.17. The van der Waals surface area contributed by atoms with Crippen LogP contribution in [-0.2, 0) is 14.3 Å². The first-order chi connectivity index (χ1) is 16.0. The molecule has 0 spiro atoms. The lowest BCUT2D eigenvalue weighted by atomic mass is 9.98. The molecule has 8 heteroatoms. The second-order valence-corrected chi connectivity index (χ2v) is 8.44. The molecule has 1 saturated carbocycles. The van der Waals surface area contributed by atoms with Crippen LogP contribution >= 0.6 is 0 Å². The van der Waals surface area contributed by atoms with Gasteiger partial charge in [-0.15, -0.1) is 0 Å². The standard InChI is InChI=1S/C25H28N2O6/c28-14-13-27(16-9-10-16)24(31)22(11-12-23(29)30)26-25(32)33-15-21-19-7-3-1-5-17(19)18-6-2-4-8-20(18)21/h1-8,16,21-22,28H,9-15H2,(H,26,32)(H,29,30). The number of carboxylic acids is 1. The topological polar surface area (TPSA) is 116 Å². The van der Waals surface area contributed by atoms with E-state index < -0.39 is 18.1 Å². The van der Waals surface area contributed by atoms with Crippen molar-refractivity contribution in [3.05, 3.63) is 59.7 Å². The Morgan fingerprint density at radius 2 is 1.64 bits per heavy atom. The van der Waals surface area contributed by atoms with E-state index in [0.717, 1.165) is 35.1 Å². The quantitative estimate of drug-likeness (QED) is 0.511. The number of carbonyl (C=O) groups is 3. The Labute approximate surface area is 192 Å². The molecule has 2 amide bonds. The van der Waals surface area contributed by atoms with Gasteiger partial charge in [0.15, 0.2) is 0 Å². The van der Waals surface area contributed by atoms with Crippen molar-refractivity contribution in [2.75, 3.05) is 19.8 Å². The minimum absolute atomic E-state index is 0.0290. The largest absolute Gasteiger partial charge is 0.481 e. The zero-order valence-corrected chi connectivity index (χ0v) is 18.3. The lowest BCUT2D eigenvalue weighted by molar-refractivity contribution is -0.138. The van der Waals surface area contributed by atoms with Crippen LogP contribution in [0.3, 0.4) is 0 Å². The van der Waals surface area contributed by atoms with Crippen molar-refractivity contribution in [3.63, 3.8) is 0 Å². The van der Waals surface area contributed by atoms with Gasteiger partial charge >= 0.3 is 12.1 Å². The van der Waals surface area contributed by atoms with Crippen LogP contribution in [0.4, 0.5) is 4.79 Å². The third-order valence-electron chi connectivity index (χ3n) is 6.19. The van der Waals surface area contributed by atoms with Crippen molar-refractivity contribution >= 4 is 18.0 Å². The van der Waals surface area contributed by atoms with Gasteiger partial charge in [-0.25, -0.2) is 4.79 Å². The molecule has 0 radical (unpaired) electrons. The highest BCUT2D eigenvalue weighted by molar-refractivity contribution is 5.87. The van der Waals surface area contributed by atoms with Gasteiger partial charge in [0.1, 0.15) is 12.6 Å². The summed E-state index contributed by atoms with van der Waals surface area (Å²) < 4.78 is 5.53. The number of hydrogen-bond donors (Lipinski definition) is 3. The zero-order valence-electron chi connectivity index (χ0n) is 18.3. The van der Waals surface area contributed by atoms with Crippen LogP contribution in [0.5, 0.6) is 0 Å². The summed E-state index contributed by atoms with van der Waals surface area (Å²) in [5, 5.41) is 20.9. The van der Waals surface area contributed by atoms with Crippen molar-refractivity contribution in [2.45, 2.75) is 43.7 Å². The van der Waals surface area contributed by atoms with Crippen LogP contribution in [-0.4, -0.2) is 64.9 Å². The smallest absolute Gasteiger partial charge is 0.407 e. The molecule has 0 heterocycles. The third-order valence-corrected chi connectivity index (χ3v) is 6.19. The molecule has 4 rings (SSSR count). The first-order valence-corrected chi connectivity index (χ1v) is 11.2. The van der Waals surface area contributed by atoms with Crippen LogP contribution in [0.1, 0.15) is 42.7 Å². The summed E-state index contributed by atoms with van der Waals surface area (Å²) in [6, 6.07) is 15.0. The first-order valence-electron chi connectivity index (χ1n) is 11.2. The number of ether oxygens (including phenoxy) is 1. The van der Waals surface area contributed by atoms with E-state index in [-0.39, 0.29) is 50.5 Å². The molecule has 0 saturated heterocycles. The number of benzene rings is 2. The van der Waals surface area contributed by atoms with E-state index >= 15 is 0 Å². The van der Waals surface area contributed by atoms with E-state index in [1.165, 1.54) is 4.90 Å². The molecular weight excluding hydrogens is 424 g/mol. The summed E-state index contributed by atoms with van der Waals surface area (Å²) in [5.74, 6) is -1.56. The lowest BCUT2D eigenvalue weighted by Gasteiger charge is -2.27. The zero-order chi connectivity index (χ0) is 23.4. The van der Waals surface area contributed by atoms with Crippen molar-refractivity contribution in [3.8, 4) is 11.1 Å². The summed E-state index contributed by atoms with van der Waals surface area (Å²) in [4.78, 5) is 38.3. The van der Waals surface area contributed by atoms with E-state index in [9.17, 15) is 19.5 Å². The first kappa shape index (κ1) is 22.8. The predicted molar refractivity (Wildman–Crippen MR) is 121 cm³/mol. The van der Waals surface area contributed by atoms with Crippen molar-refractivity contribution in [2.24, 2.45) is 0 Å². The fourth-order valence-corrected chi connectivity index (χ4v) is 4.47. The molecule has 2 aliphatic rings. The number of aliphatic hydroxyl groups excluding tert-OH is 1. The van der Waals surface area contributed by atoms with Gasteiger partial charge in [0, 0.05) is 24.9 Å². The van der Waals surface area contributed by atoms with Crippen LogP contribution in [0.25, 0.3) is 11.1 Å². The number of carboxylic acid groups (broad SMARTS) is 1. The van der Waals surface area contributed by atoms with Gasteiger partial charge in [-0.1, -0.05) is 48.5 Å². The molecule has 33 heavy (non-hydrogen) atoms. The van der Waals surface area contributed by atoms with Gasteiger partial charge in [0.05, 0.1) is 6.61 Å². The monoisotopic (exact) mass is 452 g/mol. The SMILES string of the molecule is O=C(O)CCC(NC(=O)OCC1c2ccccc2-c2ccccc21)C(=O)N(CCO)C1CC1.